The molecule has 4 aliphatic rings. The summed E-state index contributed by atoms with van der Waals surface area (Å²) in [5, 5.41) is 10.8. The molecule has 6 atom stereocenters. The van der Waals surface area contributed by atoms with Gasteiger partial charge in [0.15, 0.2) is 0 Å². The Kier molecular flexibility index (Phi) is 3.07. The molecule has 0 aromatic rings. The van der Waals surface area contributed by atoms with Crippen LogP contribution in [0.4, 0.5) is 0 Å². The third-order valence-electron chi connectivity index (χ3n) is 7.15. The standard InChI is InChI=1S/C20H26O2/c1-19-8-3-4-15(19)14-10-18(22)17-6-5-13(12-21)11-20(17,2)16(14)7-9-19/h5-7,11-12,14-15,17-18,22H,3-4,8-10H2,1-2H3/t14-,15-,17?,18?,19-,20+/m0/s1. The molecule has 0 heterocycles. The van der Waals surface area contributed by atoms with Crippen LogP contribution in [0.25, 0.3) is 0 Å². The molecule has 2 nitrogen and oxygen atoms in total. The monoisotopic (exact) mass is 298 g/mol. The zero-order valence-electron chi connectivity index (χ0n) is 13.6. The van der Waals surface area contributed by atoms with E-state index in [1.54, 1.807) is 0 Å². The average molecular weight is 298 g/mol. The molecule has 4 rings (SSSR count). The van der Waals surface area contributed by atoms with Gasteiger partial charge < -0.3 is 5.11 Å². The van der Waals surface area contributed by atoms with Gasteiger partial charge in [-0.05, 0) is 42.9 Å². The molecule has 22 heavy (non-hydrogen) atoms. The molecule has 1 N–H and O–H groups in total. The normalized spacial score (nSPS) is 49.6. The van der Waals surface area contributed by atoms with E-state index in [1.165, 1.54) is 24.8 Å². The zero-order chi connectivity index (χ0) is 15.5. The molecule has 0 amide bonds. The van der Waals surface area contributed by atoms with E-state index in [-0.39, 0.29) is 17.4 Å². The summed E-state index contributed by atoms with van der Waals surface area (Å²) >= 11 is 0. The van der Waals surface area contributed by atoms with Crippen molar-refractivity contribution in [2.24, 2.45) is 28.6 Å². The van der Waals surface area contributed by atoms with Gasteiger partial charge in [0.25, 0.3) is 0 Å². The molecule has 0 aromatic heterocycles. The molecular formula is C20H26O2. The van der Waals surface area contributed by atoms with Gasteiger partial charge >= 0.3 is 0 Å². The number of allylic oxidation sites excluding steroid dienone is 5. The van der Waals surface area contributed by atoms with Gasteiger partial charge in [0, 0.05) is 16.9 Å². The van der Waals surface area contributed by atoms with Crippen molar-refractivity contribution in [3.8, 4) is 0 Å². The summed E-state index contributed by atoms with van der Waals surface area (Å²) < 4.78 is 0. The first-order valence-electron chi connectivity index (χ1n) is 8.73. The Labute approximate surface area is 133 Å². The van der Waals surface area contributed by atoms with E-state index in [2.05, 4.69) is 32.1 Å². The lowest BCUT2D eigenvalue weighted by Crippen LogP contribution is -2.49. The quantitative estimate of drug-likeness (QED) is 0.590. The Morgan fingerprint density at radius 2 is 2.18 bits per heavy atom. The second-order valence-corrected chi connectivity index (χ2v) is 8.36. The van der Waals surface area contributed by atoms with E-state index in [0.29, 0.717) is 17.3 Å². The highest BCUT2D eigenvalue weighted by Gasteiger charge is 2.55. The maximum absolute atomic E-state index is 11.3. The molecule has 2 saturated carbocycles. The van der Waals surface area contributed by atoms with Gasteiger partial charge in [-0.25, -0.2) is 0 Å². The lowest BCUT2D eigenvalue weighted by atomic mass is 9.50. The van der Waals surface area contributed by atoms with E-state index >= 15 is 0 Å². The van der Waals surface area contributed by atoms with E-state index < -0.39 is 0 Å². The lowest BCUT2D eigenvalue weighted by Gasteiger charge is -2.54. The fourth-order valence-corrected chi connectivity index (χ4v) is 6.01. The summed E-state index contributed by atoms with van der Waals surface area (Å²) in [6.45, 7) is 4.66. The number of aliphatic hydroxyl groups excluding tert-OH is 1. The first-order chi connectivity index (χ1) is 10.5. The highest BCUT2D eigenvalue weighted by molar-refractivity contribution is 5.78. The molecule has 2 fully saturated rings. The summed E-state index contributed by atoms with van der Waals surface area (Å²) in [5.41, 5.74) is 2.50. The average Bonchev–Trinajstić information content (AvgIpc) is 2.88. The lowest BCUT2D eigenvalue weighted by molar-refractivity contribution is -0.104. The molecular weight excluding hydrogens is 272 g/mol. The fraction of sp³-hybridized carbons (Fsp3) is 0.650. The minimum absolute atomic E-state index is 0.115. The second kappa shape index (κ2) is 4.67. The summed E-state index contributed by atoms with van der Waals surface area (Å²) in [4.78, 5) is 11.3. The number of hydrogen-bond acceptors (Lipinski definition) is 2. The van der Waals surface area contributed by atoms with Gasteiger partial charge in [0.2, 0.25) is 0 Å². The Hall–Kier alpha value is -1.15. The van der Waals surface area contributed by atoms with Crippen LogP contribution in [0.15, 0.2) is 35.5 Å². The van der Waals surface area contributed by atoms with E-state index in [1.807, 2.05) is 6.08 Å². The molecule has 0 saturated heterocycles. The van der Waals surface area contributed by atoms with E-state index in [4.69, 9.17) is 0 Å². The molecule has 2 unspecified atom stereocenters. The van der Waals surface area contributed by atoms with E-state index in [0.717, 1.165) is 24.7 Å². The number of carbonyl (C=O) groups excluding carboxylic acids is 1. The Morgan fingerprint density at radius 3 is 2.95 bits per heavy atom. The largest absolute Gasteiger partial charge is 0.392 e. The van der Waals surface area contributed by atoms with Gasteiger partial charge in [-0.3, -0.25) is 4.79 Å². The van der Waals surface area contributed by atoms with Crippen LogP contribution in [0.2, 0.25) is 0 Å². The maximum Gasteiger partial charge on any atom is 0.149 e. The predicted octanol–water partition coefficient (Wildman–Crippen LogP) is 3.82. The topological polar surface area (TPSA) is 37.3 Å². The fourth-order valence-electron chi connectivity index (χ4n) is 6.01. The predicted molar refractivity (Wildman–Crippen MR) is 87.1 cm³/mol. The Morgan fingerprint density at radius 1 is 1.36 bits per heavy atom. The number of rotatable bonds is 1. The number of fused-ring (bicyclic) bond motifs is 5. The first kappa shape index (κ1) is 14.4. The van der Waals surface area contributed by atoms with Gasteiger partial charge in [0.05, 0.1) is 6.10 Å². The third kappa shape index (κ3) is 1.79. The van der Waals surface area contributed by atoms with Crippen molar-refractivity contribution >= 4 is 6.29 Å². The molecule has 0 spiro atoms. The van der Waals surface area contributed by atoms with Crippen LogP contribution in [0.1, 0.15) is 46.0 Å². The SMILES string of the molecule is C[C@]12CC=C3[C@@H](CC(O)C4C=CC(C=O)=C[C@]34C)[C@@H]1CCC2. The van der Waals surface area contributed by atoms with Crippen LogP contribution >= 0.6 is 0 Å². The first-order valence-corrected chi connectivity index (χ1v) is 8.73. The minimum Gasteiger partial charge on any atom is -0.392 e. The molecule has 0 aromatic carbocycles. The third-order valence-corrected chi connectivity index (χ3v) is 7.15. The van der Waals surface area contributed by atoms with Crippen molar-refractivity contribution in [2.75, 3.05) is 0 Å². The van der Waals surface area contributed by atoms with Crippen LogP contribution in [0, 0.1) is 28.6 Å². The summed E-state index contributed by atoms with van der Waals surface area (Å²) in [6, 6.07) is 0. The van der Waals surface area contributed by atoms with Gasteiger partial charge in [0.1, 0.15) is 6.29 Å². The summed E-state index contributed by atoms with van der Waals surface area (Å²) in [5.74, 6) is 1.32. The molecule has 0 radical (unpaired) electrons. The van der Waals surface area contributed by atoms with Crippen molar-refractivity contribution in [1.29, 1.82) is 0 Å². The van der Waals surface area contributed by atoms with Crippen LogP contribution in [-0.4, -0.2) is 17.5 Å². The van der Waals surface area contributed by atoms with Gasteiger partial charge in [-0.2, -0.15) is 0 Å². The van der Waals surface area contributed by atoms with Crippen LogP contribution in [0.3, 0.4) is 0 Å². The number of aldehydes is 1. The van der Waals surface area contributed by atoms with Crippen molar-refractivity contribution in [1.82, 2.24) is 0 Å². The van der Waals surface area contributed by atoms with Gasteiger partial charge in [-0.15, -0.1) is 0 Å². The van der Waals surface area contributed by atoms with Crippen molar-refractivity contribution < 1.29 is 9.90 Å². The Bertz CT molecular complexity index is 599. The molecule has 0 aliphatic heterocycles. The molecule has 118 valence electrons. The Balaban J connectivity index is 1.81. The van der Waals surface area contributed by atoms with E-state index in [9.17, 15) is 9.90 Å². The maximum atomic E-state index is 11.3. The summed E-state index contributed by atoms with van der Waals surface area (Å²) in [7, 11) is 0. The van der Waals surface area contributed by atoms with Crippen molar-refractivity contribution in [3.05, 3.63) is 35.5 Å². The van der Waals surface area contributed by atoms with Crippen molar-refractivity contribution in [3.63, 3.8) is 0 Å². The number of carbonyl (C=O) groups is 1. The molecule has 2 heteroatoms. The molecule has 4 aliphatic carbocycles. The molecule has 0 bridgehead atoms. The highest BCUT2D eigenvalue weighted by atomic mass is 16.3. The van der Waals surface area contributed by atoms with Crippen LogP contribution < -0.4 is 0 Å². The second-order valence-electron chi connectivity index (χ2n) is 8.36. The number of aliphatic hydroxyl groups is 1. The summed E-state index contributed by atoms with van der Waals surface area (Å²) in [6.07, 6.45) is 15.2. The highest BCUT2D eigenvalue weighted by Crippen LogP contribution is 2.62. The van der Waals surface area contributed by atoms with Crippen LogP contribution in [0.5, 0.6) is 0 Å². The number of hydrogen-bond donors (Lipinski definition) is 1. The van der Waals surface area contributed by atoms with Crippen molar-refractivity contribution in [2.45, 2.75) is 52.1 Å². The minimum atomic E-state index is -0.296. The van der Waals surface area contributed by atoms with Gasteiger partial charge in [-0.1, -0.05) is 50.1 Å². The zero-order valence-corrected chi connectivity index (χ0v) is 13.6. The van der Waals surface area contributed by atoms with Crippen LogP contribution in [-0.2, 0) is 4.79 Å². The smallest absolute Gasteiger partial charge is 0.149 e.